The minimum Gasteiger partial charge on any atom is -0.469 e. The summed E-state index contributed by atoms with van der Waals surface area (Å²) < 4.78 is 4.59. The number of hydrogen-bond acceptors (Lipinski definition) is 4. The largest absolute Gasteiger partial charge is 0.469 e. The van der Waals surface area contributed by atoms with Crippen molar-refractivity contribution in [3.8, 4) is 0 Å². The molecule has 0 aliphatic heterocycles. The second kappa shape index (κ2) is 6.86. The van der Waals surface area contributed by atoms with Crippen LogP contribution in [0, 0.1) is 5.92 Å². The van der Waals surface area contributed by atoms with Crippen LogP contribution in [0.1, 0.15) is 34.1 Å². The molecule has 0 spiro atoms. The normalized spacial score (nSPS) is 15.2. The van der Waals surface area contributed by atoms with Crippen LogP contribution >= 0.6 is 0 Å². The molecule has 1 N–H and O–H groups in total. The predicted molar refractivity (Wildman–Crippen MR) is 64.2 cm³/mol. The molecule has 4 heteroatoms. The minimum absolute atomic E-state index is 0.194. The molecule has 0 fully saturated rings. The number of carbonyl (C=O) groups excluding carboxylic acids is 1. The van der Waals surface area contributed by atoms with Gasteiger partial charge in [-0.15, -0.1) is 0 Å². The molecular weight excluding hydrogens is 206 g/mol. The van der Waals surface area contributed by atoms with E-state index in [0.717, 1.165) is 6.54 Å². The van der Waals surface area contributed by atoms with Crippen LogP contribution < -0.4 is 0 Å². The van der Waals surface area contributed by atoms with Crippen molar-refractivity contribution in [2.75, 3.05) is 26.7 Å². The maximum atomic E-state index is 11.0. The number of esters is 1. The molecule has 0 aliphatic carbocycles. The fourth-order valence-electron chi connectivity index (χ4n) is 1.34. The summed E-state index contributed by atoms with van der Waals surface area (Å²) in [6.07, 6.45) is 0.374. The highest BCUT2D eigenvalue weighted by Gasteiger charge is 2.27. The Morgan fingerprint density at radius 2 is 2.06 bits per heavy atom. The Labute approximate surface area is 98.6 Å². The smallest absolute Gasteiger partial charge is 0.306 e. The van der Waals surface area contributed by atoms with Crippen LogP contribution in [0.2, 0.25) is 0 Å². The van der Waals surface area contributed by atoms with E-state index in [2.05, 4.69) is 9.64 Å². The van der Waals surface area contributed by atoms with E-state index in [9.17, 15) is 9.90 Å². The number of ether oxygens (including phenoxy) is 1. The Morgan fingerprint density at radius 1 is 1.50 bits per heavy atom. The van der Waals surface area contributed by atoms with Gasteiger partial charge in [-0.25, -0.2) is 0 Å². The quantitative estimate of drug-likeness (QED) is 0.671. The zero-order chi connectivity index (χ0) is 12.8. The van der Waals surface area contributed by atoms with Gasteiger partial charge in [0, 0.05) is 13.1 Å². The van der Waals surface area contributed by atoms with Crippen molar-refractivity contribution >= 4 is 5.97 Å². The van der Waals surface area contributed by atoms with E-state index in [1.165, 1.54) is 7.11 Å². The third-order valence-electron chi connectivity index (χ3n) is 3.09. The molecule has 16 heavy (non-hydrogen) atoms. The van der Waals surface area contributed by atoms with E-state index in [-0.39, 0.29) is 11.9 Å². The number of carbonyl (C=O) groups is 1. The van der Waals surface area contributed by atoms with E-state index in [1.807, 2.05) is 27.7 Å². The molecule has 0 saturated carbocycles. The third-order valence-corrected chi connectivity index (χ3v) is 3.09. The lowest BCUT2D eigenvalue weighted by molar-refractivity contribution is -0.141. The first-order valence-corrected chi connectivity index (χ1v) is 5.85. The zero-order valence-corrected chi connectivity index (χ0v) is 11.1. The standard InChI is InChI=1S/C12H25NO3/c1-6-13(8-7-11(14)16-5)9-12(4,15)10(2)3/h10,15H,6-9H2,1-5H3. The van der Waals surface area contributed by atoms with Gasteiger partial charge < -0.3 is 14.7 Å². The van der Waals surface area contributed by atoms with Crippen molar-refractivity contribution in [3.63, 3.8) is 0 Å². The summed E-state index contributed by atoms with van der Waals surface area (Å²) >= 11 is 0. The maximum Gasteiger partial charge on any atom is 0.306 e. The van der Waals surface area contributed by atoms with Crippen LogP contribution in [-0.4, -0.2) is 48.3 Å². The van der Waals surface area contributed by atoms with Crippen molar-refractivity contribution in [3.05, 3.63) is 0 Å². The topological polar surface area (TPSA) is 49.8 Å². The highest BCUT2D eigenvalue weighted by atomic mass is 16.5. The summed E-state index contributed by atoms with van der Waals surface area (Å²) in [7, 11) is 1.39. The van der Waals surface area contributed by atoms with Gasteiger partial charge in [0.05, 0.1) is 19.1 Å². The highest BCUT2D eigenvalue weighted by molar-refractivity contribution is 5.69. The molecule has 96 valence electrons. The number of likely N-dealkylation sites (N-methyl/N-ethyl adjacent to an activating group) is 1. The summed E-state index contributed by atoms with van der Waals surface area (Å²) in [6.45, 7) is 9.87. The van der Waals surface area contributed by atoms with E-state index in [4.69, 9.17) is 0 Å². The van der Waals surface area contributed by atoms with E-state index in [1.54, 1.807) is 0 Å². The molecule has 4 nitrogen and oxygen atoms in total. The maximum absolute atomic E-state index is 11.0. The first kappa shape index (κ1) is 15.4. The van der Waals surface area contributed by atoms with Gasteiger partial charge in [0.1, 0.15) is 0 Å². The van der Waals surface area contributed by atoms with Gasteiger partial charge in [-0.1, -0.05) is 20.8 Å². The van der Waals surface area contributed by atoms with Gasteiger partial charge in [-0.05, 0) is 19.4 Å². The number of methoxy groups -OCH3 is 1. The number of nitrogens with zero attached hydrogens (tertiary/aromatic N) is 1. The zero-order valence-electron chi connectivity index (χ0n) is 11.1. The van der Waals surface area contributed by atoms with Crippen LogP contribution in [0.4, 0.5) is 0 Å². The van der Waals surface area contributed by atoms with Gasteiger partial charge in [0.2, 0.25) is 0 Å². The van der Waals surface area contributed by atoms with Crippen molar-refractivity contribution in [2.45, 2.75) is 39.7 Å². The summed E-state index contributed by atoms with van der Waals surface area (Å²) in [4.78, 5) is 13.1. The predicted octanol–water partition coefficient (Wildman–Crippen LogP) is 1.28. The Balaban J connectivity index is 4.15. The Bertz CT molecular complexity index is 214. The Kier molecular flexibility index (Phi) is 6.60. The lowest BCUT2D eigenvalue weighted by Crippen LogP contribution is -2.45. The molecule has 1 atom stereocenters. The average molecular weight is 231 g/mol. The van der Waals surface area contributed by atoms with Crippen LogP contribution in [0.25, 0.3) is 0 Å². The van der Waals surface area contributed by atoms with Gasteiger partial charge in [0.25, 0.3) is 0 Å². The van der Waals surface area contributed by atoms with Crippen LogP contribution in [-0.2, 0) is 9.53 Å². The Morgan fingerprint density at radius 3 is 2.44 bits per heavy atom. The fourth-order valence-corrected chi connectivity index (χ4v) is 1.34. The fraction of sp³-hybridized carbons (Fsp3) is 0.917. The molecular formula is C12H25NO3. The SMILES string of the molecule is CCN(CCC(=O)OC)CC(C)(O)C(C)C. The molecule has 0 bridgehead atoms. The molecule has 0 rings (SSSR count). The monoisotopic (exact) mass is 231 g/mol. The summed E-state index contributed by atoms with van der Waals surface area (Å²) in [5, 5.41) is 10.2. The first-order chi connectivity index (χ1) is 7.33. The minimum atomic E-state index is -0.716. The molecule has 0 amide bonds. The van der Waals surface area contributed by atoms with Crippen LogP contribution in [0.15, 0.2) is 0 Å². The summed E-state index contributed by atoms with van der Waals surface area (Å²) in [5.74, 6) is -0.0117. The third kappa shape index (κ3) is 5.47. The van der Waals surface area contributed by atoms with Gasteiger partial charge in [-0.3, -0.25) is 4.79 Å². The van der Waals surface area contributed by atoms with Crippen molar-refractivity contribution in [1.82, 2.24) is 4.90 Å². The van der Waals surface area contributed by atoms with Crippen molar-refractivity contribution in [2.24, 2.45) is 5.92 Å². The lowest BCUT2D eigenvalue weighted by atomic mass is 9.92. The van der Waals surface area contributed by atoms with Gasteiger partial charge in [0.15, 0.2) is 0 Å². The summed E-state index contributed by atoms with van der Waals surface area (Å²) in [6, 6.07) is 0. The second-order valence-electron chi connectivity index (χ2n) is 4.71. The molecule has 0 radical (unpaired) electrons. The molecule has 0 heterocycles. The highest BCUT2D eigenvalue weighted by Crippen LogP contribution is 2.17. The first-order valence-electron chi connectivity index (χ1n) is 5.85. The number of hydrogen-bond donors (Lipinski definition) is 1. The molecule has 0 saturated heterocycles. The van der Waals surface area contributed by atoms with Crippen LogP contribution in [0.3, 0.4) is 0 Å². The average Bonchev–Trinajstić information content (AvgIpc) is 2.23. The number of rotatable bonds is 7. The second-order valence-corrected chi connectivity index (χ2v) is 4.71. The van der Waals surface area contributed by atoms with E-state index in [0.29, 0.717) is 19.5 Å². The van der Waals surface area contributed by atoms with Gasteiger partial charge >= 0.3 is 5.97 Å². The van der Waals surface area contributed by atoms with Crippen molar-refractivity contribution < 1.29 is 14.6 Å². The molecule has 0 aromatic rings. The molecule has 0 aliphatic rings. The molecule has 0 aromatic carbocycles. The summed E-state index contributed by atoms with van der Waals surface area (Å²) in [5.41, 5.74) is -0.716. The van der Waals surface area contributed by atoms with Crippen LogP contribution in [0.5, 0.6) is 0 Å². The lowest BCUT2D eigenvalue weighted by Gasteiger charge is -2.33. The van der Waals surface area contributed by atoms with E-state index < -0.39 is 5.60 Å². The number of aliphatic hydroxyl groups is 1. The van der Waals surface area contributed by atoms with Gasteiger partial charge in [-0.2, -0.15) is 0 Å². The molecule has 1 unspecified atom stereocenters. The molecule has 0 aromatic heterocycles. The van der Waals surface area contributed by atoms with E-state index >= 15 is 0 Å². The Hall–Kier alpha value is -0.610. The van der Waals surface area contributed by atoms with Crippen molar-refractivity contribution in [1.29, 1.82) is 0 Å².